The van der Waals surface area contributed by atoms with Gasteiger partial charge in [0.2, 0.25) is 0 Å². The van der Waals surface area contributed by atoms with E-state index in [1.807, 2.05) is 56.3 Å². The molecule has 0 spiro atoms. The predicted octanol–water partition coefficient (Wildman–Crippen LogP) is 18.2. The van der Waals surface area contributed by atoms with Crippen LogP contribution in [0.3, 0.4) is 0 Å². The van der Waals surface area contributed by atoms with Crippen molar-refractivity contribution in [3.63, 3.8) is 0 Å². The maximum Gasteiger partial charge on any atom is 0.121 e. The van der Waals surface area contributed by atoms with Crippen LogP contribution in [-0.2, 0) is 20.1 Å². The standard InChI is InChI=1S/C40H37N2O.C25H25N2.Ir/c1-24(2)28-19-20-30-31-15-12-16-32(39(31)43-37(30)23-28)40-41-35-17-10-11-18-36(35)42(40)38-33(25(3)4)21-29(22-34(38)26(5)6)27-13-8-7-9-14-27;1-17(2)20-13-10-14-21(18(3)4)24(20)27-23-16-9-8-15-22(23)26-25(27)19-11-6-5-7-12-19;/h7-15,17-26H,1-6H3;5-11,13-18H,1-4H3;/q2*-1;/i24D;;. The zero-order valence-electron chi connectivity index (χ0n) is 43.4. The fraction of sp³-hybridized carbons (Fsp3) is 0.231. The van der Waals surface area contributed by atoms with Crippen LogP contribution in [-0.4, -0.2) is 19.1 Å². The smallest absolute Gasteiger partial charge is 0.121 e. The van der Waals surface area contributed by atoms with Crippen molar-refractivity contribution in [3.05, 3.63) is 204 Å². The number of imidazole rings is 2. The molecule has 0 aliphatic heterocycles. The Hall–Kier alpha value is -6.85. The number of hydrogen-bond donors (Lipinski definition) is 0. The molecule has 0 amide bonds. The number of aromatic nitrogens is 4. The van der Waals surface area contributed by atoms with E-state index in [-0.39, 0.29) is 31.9 Å². The van der Waals surface area contributed by atoms with Crippen LogP contribution >= 0.6 is 0 Å². The van der Waals surface area contributed by atoms with Crippen LogP contribution in [0, 0.1) is 12.1 Å². The molecule has 5 nitrogen and oxygen atoms in total. The normalized spacial score (nSPS) is 12.1. The average Bonchev–Trinajstić information content (AvgIpc) is 4.07. The molecule has 0 saturated heterocycles. The average molecular weight is 1110 g/mol. The molecule has 1 radical (unpaired) electrons. The minimum atomic E-state index is -0.720. The van der Waals surface area contributed by atoms with Gasteiger partial charge in [-0.3, -0.25) is 9.97 Å². The quantitative estimate of drug-likeness (QED) is 0.128. The third-order valence-corrected chi connectivity index (χ3v) is 13.6. The van der Waals surface area contributed by atoms with Crippen molar-refractivity contribution >= 4 is 44.0 Å². The van der Waals surface area contributed by atoms with Gasteiger partial charge in [0, 0.05) is 38.2 Å². The summed E-state index contributed by atoms with van der Waals surface area (Å²) in [6.07, 6.45) is 0. The van der Waals surface area contributed by atoms with Gasteiger partial charge in [-0.2, -0.15) is 0 Å². The molecule has 0 atom stereocenters. The molecule has 0 fully saturated rings. The molecule has 8 aromatic carbocycles. The van der Waals surface area contributed by atoms with Crippen molar-refractivity contribution in [2.45, 2.75) is 98.8 Å². The second-order valence-corrected chi connectivity index (χ2v) is 20.0. The third-order valence-electron chi connectivity index (χ3n) is 13.6. The summed E-state index contributed by atoms with van der Waals surface area (Å²) < 4.78 is 19.9. The monoisotopic (exact) mass is 1110 g/mol. The van der Waals surface area contributed by atoms with E-state index in [2.05, 4.69) is 198 Å². The van der Waals surface area contributed by atoms with Crippen LogP contribution in [0.15, 0.2) is 168 Å². The first-order valence-electron chi connectivity index (χ1n) is 25.4. The van der Waals surface area contributed by atoms with Crippen molar-refractivity contribution < 1.29 is 25.9 Å². The van der Waals surface area contributed by atoms with Crippen molar-refractivity contribution in [2.24, 2.45) is 0 Å². The van der Waals surface area contributed by atoms with Gasteiger partial charge in [0.15, 0.2) is 0 Å². The Morgan fingerprint density at radius 3 is 1.61 bits per heavy atom. The summed E-state index contributed by atoms with van der Waals surface area (Å²) in [6, 6.07) is 64.0. The van der Waals surface area contributed by atoms with Gasteiger partial charge in [-0.25, -0.2) is 0 Å². The van der Waals surface area contributed by atoms with Gasteiger partial charge >= 0.3 is 0 Å². The molecule has 0 aliphatic rings. The first kappa shape index (κ1) is 47.8. The molecule has 11 aromatic rings. The van der Waals surface area contributed by atoms with Crippen LogP contribution < -0.4 is 0 Å². The zero-order chi connectivity index (χ0) is 49.7. The first-order chi connectivity index (χ1) is 34.2. The molecule has 3 aromatic heterocycles. The van der Waals surface area contributed by atoms with E-state index in [1.165, 1.54) is 44.8 Å². The number of hydrogen-bond acceptors (Lipinski definition) is 3. The van der Waals surface area contributed by atoms with Crippen LogP contribution in [0.1, 0.15) is 128 Å². The van der Waals surface area contributed by atoms with Gasteiger partial charge in [-0.1, -0.05) is 165 Å². The summed E-state index contributed by atoms with van der Waals surface area (Å²) >= 11 is 0. The van der Waals surface area contributed by atoms with Crippen molar-refractivity contribution in [1.29, 1.82) is 0 Å². The molecule has 0 aliphatic carbocycles. The van der Waals surface area contributed by atoms with Crippen LogP contribution in [0.4, 0.5) is 0 Å². The van der Waals surface area contributed by atoms with Gasteiger partial charge in [0.25, 0.3) is 0 Å². The Morgan fingerprint density at radius 1 is 0.479 bits per heavy atom. The molecule has 359 valence electrons. The van der Waals surface area contributed by atoms with E-state index < -0.39 is 5.89 Å². The Kier molecular flexibility index (Phi) is 13.8. The molecule has 0 unspecified atom stereocenters. The number of para-hydroxylation sites is 5. The molecule has 71 heavy (non-hydrogen) atoms. The summed E-state index contributed by atoms with van der Waals surface area (Å²) in [5.74, 6) is 2.44. The SMILES string of the molecule is CC(C)c1cccc(C(C)C)c1-n1c(-c2[c-]cccc2)nc2ccccc21.[2H]C(C)(C)c1ccc2c(c1)oc1c(-c3nc4ccccc4n3-c3c(C(C)C)cc(-c4ccccc4)cc3C(C)C)[c-]ccc12.[Ir]. The summed E-state index contributed by atoms with van der Waals surface area (Å²) in [7, 11) is 0. The van der Waals surface area contributed by atoms with E-state index in [0.29, 0.717) is 11.8 Å². The Bertz CT molecular complexity index is 3650. The van der Waals surface area contributed by atoms with Crippen LogP contribution in [0.5, 0.6) is 0 Å². The van der Waals surface area contributed by atoms with Crippen molar-refractivity contribution in [3.8, 4) is 45.3 Å². The van der Waals surface area contributed by atoms with Gasteiger partial charge in [-0.15, -0.1) is 54.1 Å². The van der Waals surface area contributed by atoms with E-state index >= 15 is 0 Å². The van der Waals surface area contributed by atoms with E-state index in [9.17, 15) is 0 Å². The molecule has 0 saturated carbocycles. The van der Waals surface area contributed by atoms with Gasteiger partial charge < -0.3 is 13.6 Å². The Morgan fingerprint density at radius 2 is 1.03 bits per heavy atom. The maximum absolute atomic E-state index is 8.56. The number of nitrogens with zero attached hydrogens (tertiary/aromatic N) is 4. The molecule has 3 heterocycles. The largest absolute Gasteiger partial charge is 0.501 e. The summed E-state index contributed by atoms with van der Waals surface area (Å²) in [5, 5.41) is 2.05. The molecular formula is C65H62IrN4O-2. The Labute approximate surface area is 434 Å². The first-order valence-corrected chi connectivity index (χ1v) is 24.9. The minimum absolute atomic E-state index is 0. The van der Waals surface area contributed by atoms with E-state index in [0.717, 1.165) is 72.3 Å². The predicted molar refractivity (Wildman–Crippen MR) is 294 cm³/mol. The van der Waals surface area contributed by atoms with E-state index in [4.69, 9.17) is 15.8 Å². The van der Waals surface area contributed by atoms with Gasteiger partial charge in [0.05, 0.1) is 39.3 Å². The fourth-order valence-corrected chi connectivity index (χ4v) is 9.99. The Balaban J connectivity index is 0.000000196. The molecule has 11 rings (SSSR count). The summed E-state index contributed by atoms with van der Waals surface area (Å²) in [5.41, 5.74) is 18.6. The topological polar surface area (TPSA) is 48.8 Å². The second kappa shape index (κ2) is 20.5. The molecule has 6 heteroatoms. The second-order valence-electron chi connectivity index (χ2n) is 20.0. The minimum Gasteiger partial charge on any atom is -0.501 e. The number of furan rings is 1. The number of rotatable bonds is 10. The molecule has 0 N–H and O–H groups in total. The zero-order valence-corrected chi connectivity index (χ0v) is 44.8. The molecule has 0 bridgehead atoms. The van der Waals surface area contributed by atoms with Gasteiger partial charge in [0.1, 0.15) is 5.58 Å². The summed E-state index contributed by atoms with van der Waals surface area (Å²) in [4.78, 5) is 10.3. The summed E-state index contributed by atoms with van der Waals surface area (Å²) in [6.45, 7) is 21.9. The van der Waals surface area contributed by atoms with Gasteiger partial charge in [-0.05, 0) is 111 Å². The third kappa shape index (κ3) is 9.21. The maximum atomic E-state index is 8.56. The van der Waals surface area contributed by atoms with Crippen LogP contribution in [0.25, 0.3) is 89.3 Å². The van der Waals surface area contributed by atoms with E-state index in [1.54, 1.807) is 0 Å². The molecular weight excluding hydrogens is 1040 g/mol. The number of fused-ring (bicyclic) bond motifs is 5. The van der Waals surface area contributed by atoms with Crippen molar-refractivity contribution in [1.82, 2.24) is 19.1 Å². The number of benzene rings is 8. The van der Waals surface area contributed by atoms with Crippen LogP contribution in [0.2, 0.25) is 0 Å². The fourth-order valence-electron chi connectivity index (χ4n) is 9.99. The van der Waals surface area contributed by atoms with Crippen molar-refractivity contribution in [2.75, 3.05) is 0 Å².